The minimum absolute atomic E-state index is 0.0727. The van der Waals surface area contributed by atoms with Crippen LogP contribution in [0.3, 0.4) is 0 Å². The monoisotopic (exact) mass is 452 g/mol. The van der Waals surface area contributed by atoms with E-state index in [-0.39, 0.29) is 30.9 Å². The SMILES string of the molecule is CC1(C(=O)NCC2CC2)COC(c2nc(-c3ccc(F)cc3)c(-c3ccnc(N)n3)[nH]2)OC1. The standard InChI is InChI=1S/C23H25FN6O3/c1-23(21(31)27-10-13-2-3-13)11-32-20(33-12-23)19-29-17(14-4-6-15(24)7-5-14)18(30-19)16-8-9-26-22(25)28-16/h4-9,13,20H,2-3,10-12H2,1H3,(H,27,31)(H,29,30)(H2,25,26,28). The van der Waals surface area contributed by atoms with Gasteiger partial charge in [-0.3, -0.25) is 4.79 Å². The molecule has 172 valence electrons. The van der Waals surface area contributed by atoms with E-state index in [0.717, 1.165) is 0 Å². The van der Waals surface area contributed by atoms with Crippen molar-refractivity contribution >= 4 is 11.9 Å². The van der Waals surface area contributed by atoms with Crippen molar-refractivity contribution in [1.29, 1.82) is 0 Å². The maximum Gasteiger partial charge on any atom is 0.230 e. The van der Waals surface area contributed by atoms with E-state index in [9.17, 15) is 9.18 Å². The molecule has 1 aliphatic heterocycles. The van der Waals surface area contributed by atoms with Crippen molar-refractivity contribution in [3.8, 4) is 22.6 Å². The van der Waals surface area contributed by atoms with Crippen LogP contribution >= 0.6 is 0 Å². The van der Waals surface area contributed by atoms with Crippen LogP contribution in [-0.4, -0.2) is 45.6 Å². The highest BCUT2D eigenvalue weighted by atomic mass is 19.1. The molecule has 9 nitrogen and oxygen atoms in total. The van der Waals surface area contributed by atoms with Gasteiger partial charge in [-0.15, -0.1) is 0 Å². The smallest absolute Gasteiger partial charge is 0.230 e. The lowest BCUT2D eigenvalue weighted by Gasteiger charge is -2.35. The average molecular weight is 452 g/mol. The second-order valence-electron chi connectivity index (χ2n) is 8.82. The Hall–Kier alpha value is -3.37. The van der Waals surface area contributed by atoms with Gasteiger partial charge in [0.25, 0.3) is 0 Å². The molecule has 0 atom stereocenters. The second-order valence-corrected chi connectivity index (χ2v) is 8.82. The van der Waals surface area contributed by atoms with E-state index in [2.05, 4.69) is 25.3 Å². The molecular formula is C23H25FN6O3. The third-order valence-corrected chi connectivity index (χ3v) is 5.90. The Balaban J connectivity index is 1.39. The van der Waals surface area contributed by atoms with Crippen LogP contribution in [0.15, 0.2) is 36.5 Å². The first-order valence-corrected chi connectivity index (χ1v) is 10.9. The number of anilines is 1. The van der Waals surface area contributed by atoms with E-state index in [0.29, 0.717) is 40.9 Å². The number of carbonyl (C=O) groups excluding carboxylic acids is 1. The minimum atomic E-state index is -0.790. The van der Waals surface area contributed by atoms with Crippen LogP contribution in [0.2, 0.25) is 0 Å². The summed E-state index contributed by atoms with van der Waals surface area (Å²) in [5.41, 5.74) is 7.33. The summed E-state index contributed by atoms with van der Waals surface area (Å²) in [4.78, 5) is 28.7. The van der Waals surface area contributed by atoms with Gasteiger partial charge in [0.05, 0.1) is 35.7 Å². The van der Waals surface area contributed by atoms with Crippen LogP contribution in [0.25, 0.3) is 22.6 Å². The lowest BCUT2D eigenvalue weighted by Crippen LogP contribution is -2.49. The van der Waals surface area contributed by atoms with Gasteiger partial charge < -0.3 is 25.5 Å². The quantitative estimate of drug-likeness (QED) is 0.525. The molecule has 2 aliphatic rings. The average Bonchev–Trinajstić information content (AvgIpc) is 3.54. The van der Waals surface area contributed by atoms with E-state index in [1.165, 1.54) is 25.0 Å². The van der Waals surface area contributed by atoms with Crippen LogP contribution in [0, 0.1) is 17.2 Å². The number of benzene rings is 1. The molecule has 10 heteroatoms. The number of nitrogens with two attached hydrogens (primary N) is 1. The zero-order chi connectivity index (χ0) is 23.0. The number of imidazole rings is 1. The molecule has 1 saturated carbocycles. The Kier molecular flexibility index (Phi) is 5.55. The van der Waals surface area contributed by atoms with Gasteiger partial charge in [-0.25, -0.2) is 19.3 Å². The van der Waals surface area contributed by atoms with Gasteiger partial charge in [-0.05, 0) is 56.0 Å². The van der Waals surface area contributed by atoms with Gasteiger partial charge in [0.15, 0.2) is 5.82 Å². The molecule has 0 unspecified atom stereocenters. The van der Waals surface area contributed by atoms with Crippen LogP contribution < -0.4 is 11.1 Å². The first kappa shape index (κ1) is 21.5. The predicted molar refractivity (Wildman–Crippen MR) is 118 cm³/mol. The van der Waals surface area contributed by atoms with Crippen LogP contribution in [0.4, 0.5) is 10.3 Å². The molecule has 33 heavy (non-hydrogen) atoms. The van der Waals surface area contributed by atoms with E-state index < -0.39 is 11.7 Å². The van der Waals surface area contributed by atoms with E-state index in [1.54, 1.807) is 24.4 Å². The van der Waals surface area contributed by atoms with Gasteiger partial charge in [0, 0.05) is 18.3 Å². The number of H-pyrrole nitrogens is 1. The van der Waals surface area contributed by atoms with Crippen LogP contribution in [-0.2, 0) is 14.3 Å². The summed E-state index contributed by atoms with van der Waals surface area (Å²) in [5.74, 6) is 0.712. The number of hydrogen-bond acceptors (Lipinski definition) is 7. The van der Waals surface area contributed by atoms with Gasteiger partial charge in [0.2, 0.25) is 18.1 Å². The lowest BCUT2D eigenvalue weighted by atomic mass is 9.91. The van der Waals surface area contributed by atoms with Crippen LogP contribution in [0.1, 0.15) is 31.9 Å². The maximum atomic E-state index is 13.5. The van der Waals surface area contributed by atoms with Crippen molar-refractivity contribution in [2.24, 2.45) is 11.3 Å². The fourth-order valence-corrected chi connectivity index (χ4v) is 3.69. The summed E-state index contributed by atoms with van der Waals surface area (Å²) >= 11 is 0. The summed E-state index contributed by atoms with van der Waals surface area (Å²) in [6.45, 7) is 2.90. The lowest BCUT2D eigenvalue weighted by molar-refractivity contribution is -0.231. The molecule has 0 spiro atoms. The van der Waals surface area contributed by atoms with Crippen LogP contribution in [0.5, 0.6) is 0 Å². The number of carbonyl (C=O) groups is 1. The number of nitrogens with one attached hydrogen (secondary N) is 2. The highest BCUT2D eigenvalue weighted by molar-refractivity contribution is 5.82. The summed E-state index contributed by atoms with van der Waals surface area (Å²) in [6, 6.07) is 7.69. The number of halogens is 1. The number of nitrogen functional groups attached to an aromatic ring is 1. The molecule has 4 N–H and O–H groups in total. The zero-order valence-corrected chi connectivity index (χ0v) is 18.2. The molecule has 5 rings (SSSR count). The Morgan fingerprint density at radius 1 is 1.21 bits per heavy atom. The highest BCUT2D eigenvalue weighted by Crippen LogP contribution is 2.36. The minimum Gasteiger partial charge on any atom is -0.368 e. The van der Waals surface area contributed by atoms with E-state index >= 15 is 0 Å². The number of ether oxygens (including phenoxy) is 2. The van der Waals surface area contributed by atoms with Crippen molar-refractivity contribution in [2.45, 2.75) is 26.1 Å². The Morgan fingerprint density at radius 3 is 2.61 bits per heavy atom. The summed E-state index contributed by atoms with van der Waals surface area (Å²) in [6.07, 6.45) is 3.09. The Labute approximate surface area is 189 Å². The molecule has 1 aromatic carbocycles. The Bertz CT molecular complexity index is 1150. The molecule has 2 fully saturated rings. The topological polar surface area (TPSA) is 128 Å². The number of hydrogen-bond donors (Lipinski definition) is 3. The first-order valence-electron chi connectivity index (χ1n) is 10.9. The molecule has 1 saturated heterocycles. The van der Waals surface area contributed by atoms with E-state index in [1.807, 2.05) is 6.92 Å². The van der Waals surface area contributed by atoms with E-state index in [4.69, 9.17) is 15.2 Å². The van der Waals surface area contributed by atoms with Crippen molar-refractivity contribution in [1.82, 2.24) is 25.3 Å². The normalized spacial score (nSPS) is 22.8. The predicted octanol–water partition coefficient (Wildman–Crippen LogP) is 2.83. The first-order chi connectivity index (χ1) is 15.9. The molecule has 1 amide bonds. The maximum absolute atomic E-state index is 13.5. The molecule has 0 bridgehead atoms. The molecular weight excluding hydrogens is 427 g/mol. The molecule has 2 aromatic heterocycles. The third kappa shape index (κ3) is 4.57. The molecule has 0 radical (unpaired) electrons. The summed E-state index contributed by atoms with van der Waals surface area (Å²) in [7, 11) is 0. The summed E-state index contributed by atoms with van der Waals surface area (Å²) < 4.78 is 25.3. The molecule has 3 aromatic rings. The van der Waals surface area contributed by atoms with Crippen molar-refractivity contribution in [3.63, 3.8) is 0 Å². The summed E-state index contributed by atoms with van der Waals surface area (Å²) in [5, 5.41) is 3.00. The van der Waals surface area contributed by atoms with Crippen molar-refractivity contribution < 1.29 is 18.7 Å². The third-order valence-electron chi connectivity index (χ3n) is 5.90. The fraction of sp³-hybridized carbons (Fsp3) is 0.391. The van der Waals surface area contributed by atoms with Crippen molar-refractivity contribution in [3.05, 3.63) is 48.2 Å². The van der Waals surface area contributed by atoms with Gasteiger partial charge in [0.1, 0.15) is 5.82 Å². The fourth-order valence-electron chi connectivity index (χ4n) is 3.69. The van der Waals surface area contributed by atoms with Gasteiger partial charge >= 0.3 is 0 Å². The molecule has 3 heterocycles. The van der Waals surface area contributed by atoms with Gasteiger partial charge in [-0.2, -0.15) is 0 Å². The number of aromatic nitrogens is 4. The number of nitrogens with zero attached hydrogens (tertiary/aromatic N) is 3. The second kappa shape index (κ2) is 8.53. The highest BCUT2D eigenvalue weighted by Gasteiger charge is 2.41. The number of rotatable bonds is 6. The number of amides is 1. The Morgan fingerprint density at radius 2 is 1.94 bits per heavy atom. The number of aromatic amines is 1. The zero-order valence-electron chi connectivity index (χ0n) is 18.2. The molecule has 1 aliphatic carbocycles. The van der Waals surface area contributed by atoms with Crippen molar-refractivity contribution in [2.75, 3.05) is 25.5 Å². The largest absolute Gasteiger partial charge is 0.368 e. The van der Waals surface area contributed by atoms with Gasteiger partial charge in [-0.1, -0.05) is 0 Å².